The van der Waals surface area contributed by atoms with E-state index in [1.54, 1.807) is 55.6 Å². The van der Waals surface area contributed by atoms with Crippen molar-refractivity contribution in [2.45, 2.75) is 6.18 Å². The SMILES string of the molecule is COCCOc1cccc(NC(=O)c2ccc(OCC(=CF)CN)cc2)c1.O=C(O)C(F)(F)F. The Hall–Kier alpha value is -3.64. The highest BCUT2D eigenvalue weighted by Crippen LogP contribution is 2.19. The van der Waals surface area contributed by atoms with Gasteiger partial charge in [0.15, 0.2) is 0 Å². The van der Waals surface area contributed by atoms with Crippen LogP contribution in [0.25, 0.3) is 0 Å². The number of carboxylic acid groups (broad SMARTS) is 1. The number of anilines is 1. The van der Waals surface area contributed by atoms with Gasteiger partial charge in [0.1, 0.15) is 24.7 Å². The van der Waals surface area contributed by atoms with Gasteiger partial charge in [-0.15, -0.1) is 0 Å². The van der Waals surface area contributed by atoms with Crippen LogP contribution in [0.3, 0.4) is 0 Å². The molecular weight excluding hydrogens is 464 g/mol. The van der Waals surface area contributed by atoms with E-state index in [0.717, 1.165) is 0 Å². The highest BCUT2D eigenvalue weighted by atomic mass is 19.4. The fourth-order valence-electron chi connectivity index (χ4n) is 2.12. The van der Waals surface area contributed by atoms with Crippen molar-refractivity contribution in [3.63, 3.8) is 0 Å². The predicted octanol–water partition coefficient (Wildman–Crippen LogP) is 3.79. The summed E-state index contributed by atoms with van der Waals surface area (Å²) in [6.45, 7) is 1.07. The Labute approximate surface area is 192 Å². The number of carbonyl (C=O) groups excluding carboxylic acids is 1. The number of carbonyl (C=O) groups is 2. The van der Waals surface area contributed by atoms with Gasteiger partial charge in [-0.1, -0.05) is 6.07 Å². The summed E-state index contributed by atoms with van der Waals surface area (Å²) in [7, 11) is 1.60. The van der Waals surface area contributed by atoms with E-state index >= 15 is 0 Å². The van der Waals surface area contributed by atoms with Crippen LogP contribution in [0.4, 0.5) is 23.2 Å². The summed E-state index contributed by atoms with van der Waals surface area (Å²) in [5.74, 6) is -1.85. The minimum atomic E-state index is -5.08. The second kappa shape index (κ2) is 14.5. The minimum Gasteiger partial charge on any atom is -0.491 e. The molecular formula is C22H24F4N2O6. The van der Waals surface area contributed by atoms with E-state index in [4.69, 9.17) is 29.8 Å². The second-order valence-corrected chi connectivity index (χ2v) is 6.41. The average molecular weight is 488 g/mol. The van der Waals surface area contributed by atoms with Gasteiger partial charge in [0.25, 0.3) is 5.91 Å². The molecule has 186 valence electrons. The summed E-state index contributed by atoms with van der Waals surface area (Å²) in [5.41, 5.74) is 6.81. The zero-order valence-corrected chi connectivity index (χ0v) is 18.1. The second-order valence-electron chi connectivity index (χ2n) is 6.41. The molecule has 0 heterocycles. The summed E-state index contributed by atoms with van der Waals surface area (Å²) in [4.78, 5) is 21.3. The molecule has 0 atom stereocenters. The van der Waals surface area contributed by atoms with Crippen molar-refractivity contribution >= 4 is 17.6 Å². The third-order valence-electron chi connectivity index (χ3n) is 3.85. The summed E-state index contributed by atoms with van der Waals surface area (Å²) in [6, 6.07) is 13.7. The Bertz CT molecular complexity index is 949. The van der Waals surface area contributed by atoms with Crippen LogP contribution in [-0.2, 0) is 9.53 Å². The molecule has 0 spiro atoms. The molecule has 1 amide bonds. The molecule has 0 aliphatic heterocycles. The zero-order chi connectivity index (χ0) is 25.6. The highest BCUT2D eigenvalue weighted by Gasteiger charge is 2.38. The number of rotatable bonds is 10. The molecule has 0 aromatic heterocycles. The van der Waals surface area contributed by atoms with Crippen molar-refractivity contribution in [1.82, 2.24) is 0 Å². The molecule has 8 nitrogen and oxygen atoms in total. The molecule has 2 aromatic rings. The lowest BCUT2D eigenvalue weighted by Crippen LogP contribution is -2.21. The van der Waals surface area contributed by atoms with Crippen LogP contribution in [0.2, 0.25) is 0 Å². The molecule has 0 bridgehead atoms. The molecule has 0 unspecified atom stereocenters. The van der Waals surface area contributed by atoms with Crippen LogP contribution in [0.5, 0.6) is 11.5 Å². The summed E-state index contributed by atoms with van der Waals surface area (Å²) in [5, 5.41) is 9.94. The first kappa shape index (κ1) is 28.4. The van der Waals surface area contributed by atoms with E-state index in [1.807, 2.05) is 0 Å². The van der Waals surface area contributed by atoms with Crippen molar-refractivity contribution in [1.29, 1.82) is 0 Å². The van der Waals surface area contributed by atoms with Crippen molar-refractivity contribution in [3.05, 3.63) is 66.0 Å². The fraction of sp³-hybridized carbons (Fsp3) is 0.273. The van der Waals surface area contributed by atoms with Gasteiger partial charge in [0, 0.05) is 36.5 Å². The molecule has 2 aromatic carbocycles. The van der Waals surface area contributed by atoms with Crippen LogP contribution >= 0.6 is 0 Å². The maximum absolute atomic E-state index is 12.5. The van der Waals surface area contributed by atoms with E-state index in [2.05, 4.69) is 5.32 Å². The van der Waals surface area contributed by atoms with Crippen molar-refractivity contribution in [2.75, 3.05) is 38.8 Å². The number of halogens is 4. The number of alkyl halides is 3. The van der Waals surface area contributed by atoms with Crippen LogP contribution in [-0.4, -0.2) is 56.6 Å². The smallest absolute Gasteiger partial charge is 0.490 e. The number of methoxy groups -OCH3 is 1. The number of nitrogens with two attached hydrogens (primary N) is 1. The summed E-state index contributed by atoms with van der Waals surface area (Å²) < 4.78 is 60.1. The van der Waals surface area contributed by atoms with Crippen LogP contribution in [0, 0.1) is 0 Å². The third kappa shape index (κ3) is 10.8. The van der Waals surface area contributed by atoms with Crippen molar-refractivity contribution in [2.24, 2.45) is 5.73 Å². The molecule has 0 saturated carbocycles. The standard InChI is InChI=1S/C20H23FN2O4.C2HF3O2/c1-25-9-10-26-19-4-2-3-17(11-19)23-20(24)16-5-7-18(8-6-16)27-14-15(12-21)13-22;3-2(4,5)1(6)7/h2-8,11-12H,9-10,13-14,22H2,1H3,(H,23,24);(H,6,7). The Morgan fingerprint density at radius 2 is 1.71 bits per heavy atom. The van der Waals surface area contributed by atoms with Gasteiger partial charge in [-0.05, 0) is 36.4 Å². The highest BCUT2D eigenvalue weighted by molar-refractivity contribution is 6.04. The molecule has 0 saturated heterocycles. The Balaban J connectivity index is 0.000000718. The third-order valence-corrected chi connectivity index (χ3v) is 3.85. The average Bonchev–Trinajstić information content (AvgIpc) is 2.80. The molecule has 0 radical (unpaired) electrons. The van der Waals surface area contributed by atoms with Crippen LogP contribution < -0.4 is 20.5 Å². The van der Waals surface area contributed by atoms with Gasteiger partial charge in [0.05, 0.1) is 12.9 Å². The monoisotopic (exact) mass is 488 g/mol. The van der Waals surface area contributed by atoms with E-state index in [0.29, 0.717) is 47.9 Å². The van der Waals surface area contributed by atoms with E-state index < -0.39 is 12.1 Å². The number of nitrogens with one attached hydrogen (secondary N) is 1. The lowest BCUT2D eigenvalue weighted by atomic mass is 10.2. The van der Waals surface area contributed by atoms with E-state index in [-0.39, 0.29) is 19.1 Å². The van der Waals surface area contributed by atoms with Gasteiger partial charge in [0.2, 0.25) is 0 Å². The number of hydrogen-bond acceptors (Lipinski definition) is 6. The molecule has 2 rings (SSSR count). The van der Waals surface area contributed by atoms with Crippen LogP contribution in [0.15, 0.2) is 60.4 Å². The first-order chi connectivity index (χ1) is 16.1. The molecule has 4 N–H and O–H groups in total. The number of hydrogen-bond donors (Lipinski definition) is 3. The lowest BCUT2D eigenvalue weighted by molar-refractivity contribution is -0.192. The van der Waals surface area contributed by atoms with Crippen LogP contribution in [0.1, 0.15) is 10.4 Å². The lowest BCUT2D eigenvalue weighted by Gasteiger charge is -2.10. The molecule has 0 fully saturated rings. The maximum atomic E-state index is 12.5. The number of carboxylic acids is 1. The largest absolute Gasteiger partial charge is 0.491 e. The van der Waals surface area contributed by atoms with Gasteiger partial charge in [-0.25, -0.2) is 9.18 Å². The first-order valence-corrected chi connectivity index (χ1v) is 9.65. The molecule has 12 heteroatoms. The fourth-order valence-corrected chi connectivity index (χ4v) is 2.12. The number of ether oxygens (including phenoxy) is 3. The number of benzene rings is 2. The predicted molar refractivity (Wildman–Crippen MR) is 116 cm³/mol. The van der Waals surface area contributed by atoms with Crippen molar-refractivity contribution in [3.8, 4) is 11.5 Å². The van der Waals surface area contributed by atoms with Gasteiger partial charge < -0.3 is 30.4 Å². The van der Waals surface area contributed by atoms with E-state index in [1.165, 1.54) is 0 Å². The van der Waals surface area contributed by atoms with Gasteiger partial charge in [-0.3, -0.25) is 4.79 Å². The zero-order valence-electron chi connectivity index (χ0n) is 18.1. The molecule has 34 heavy (non-hydrogen) atoms. The Morgan fingerprint density at radius 3 is 2.24 bits per heavy atom. The maximum Gasteiger partial charge on any atom is 0.490 e. The Kier molecular flexibility index (Phi) is 12.1. The number of aliphatic carboxylic acids is 1. The normalized spacial score (nSPS) is 11.2. The first-order valence-electron chi connectivity index (χ1n) is 9.65. The molecule has 0 aliphatic rings. The van der Waals surface area contributed by atoms with Crippen molar-refractivity contribution < 1.29 is 46.5 Å². The molecule has 0 aliphatic carbocycles. The Morgan fingerprint density at radius 1 is 1.06 bits per heavy atom. The minimum absolute atomic E-state index is 0.0639. The van der Waals surface area contributed by atoms with Gasteiger partial charge >= 0.3 is 12.1 Å². The van der Waals surface area contributed by atoms with Gasteiger partial charge in [-0.2, -0.15) is 13.2 Å². The van der Waals surface area contributed by atoms with E-state index in [9.17, 15) is 22.4 Å². The quantitative estimate of drug-likeness (QED) is 0.344. The summed E-state index contributed by atoms with van der Waals surface area (Å²) in [6.07, 6.45) is -4.64. The summed E-state index contributed by atoms with van der Waals surface area (Å²) >= 11 is 0. The number of amides is 1. The topological polar surface area (TPSA) is 120 Å².